The Balaban J connectivity index is 1.89. The van der Waals surface area contributed by atoms with Crippen molar-refractivity contribution in [3.63, 3.8) is 0 Å². The molecule has 0 aliphatic rings. The van der Waals surface area contributed by atoms with E-state index >= 15 is 0 Å². The highest BCUT2D eigenvalue weighted by Crippen LogP contribution is 2.36. The van der Waals surface area contributed by atoms with Gasteiger partial charge in [0.25, 0.3) is 8.32 Å². The molecule has 0 spiro atoms. The Bertz CT molecular complexity index is 834. The van der Waals surface area contributed by atoms with E-state index in [9.17, 15) is 4.79 Å². The van der Waals surface area contributed by atoms with Gasteiger partial charge in [-0.15, -0.1) is 11.3 Å². The molecule has 0 aliphatic carbocycles. The molecule has 1 amide bonds. The third kappa shape index (κ3) is 4.43. The van der Waals surface area contributed by atoms with Crippen LogP contribution in [0.5, 0.6) is 0 Å². The molecule has 2 aromatic carbocycles. The number of thiophene rings is 1. The van der Waals surface area contributed by atoms with Crippen LogP contribution in [0.2, 0.25) is 5.04 Å². The Morgan fingerprint density at radius 1 is 0.929 bits per heavy atom. The predicted molar refractivity (Wildman–Crippen MR) is 120 cm³/mol. The van der Waals surface area contributed by atoms with Crippen LogP contribution in [-0.4, -0.2) is 20.8 Å². The van der Waals surface area contributed by atoms with Gasteiger partial charge in [-0.05, 0) is 26.9 Å². The summed E-state index contributed by atoms with van der Waals surface area (Å²) in [6.07, 6.45) is 0. The van der Waals surface area contributed by atoms with Crippen LogP contribution in [0.15, 0.2) is 78.2 Å². The predicted octanol–water partition coefficient (Wildman–Crippen LogP) is 3.94. The summed E-state index contributed by atoms with van der Waals surface area (Å²) in [6, 6.07) is 24.8. The summed E-state index contributed by atoms with van der Waals surface area (Å²) in [5.74, 6) is -0.0820. The molecule has 5 heteroatoms. The van der Waals surface area contributed by atoms with Gasteiger partial charge in [-0.3, -0.25) is 4.79 Å². The standard InChI is InChI=1S/C23H27NO2SSi/c1-23(2,3)28(20-12-6-4-7-13-20,21-14-8-5-9-15-21)26-18-22(25)24-17-19-11-10-16-27-19/h4-16H,17-18H2,1-3H3,(H,24,25). The van der Waals surface area contributed by atoms with Gasteiger partial charge < -0.3 is 9.74 Å². The van der Waals surface area contributed by atoms with E-state index in [1.165, 1.54) is 10.4 Å². The summed E-state index contributed by atoms with van der Waals surface area (Å²) in [7, 11) is -2.67. The highest BCUT2D eigenvalue weighted by atomic mass is 32.1. The first kappa shape index (κ1) is 20.5. The summed E-state index contributed by atoms with van der Waals surface area (Å²) in [5, 5.41) is 7.22. The van der Waals surface area contributed by atoms with Gasteiger partial charge >= 0.3 is 0 Å². The average Bonchev–Trinajstić information content (AvgIpc) is 3.21. The van der Waals surface area contributed by atoms with Gasteiger partial charge in [-0.2, -0.15) is 0 Å². The van der Waals surface area contributed by atoms with E-state index in [1.807, 2.05) is 53.9 Å². The highest BCUT2D eigenvalue weighted by molar-refractivity contribution is 7.09. The van der Waals surface area contributed by atoms with Crippen molar-refractivity contribution in [3.8, 4) is 0 Å². The van der Waals surface area contributed by atoms with E-state index < -0.39 is 8.32 Å². The van der Waals surface area contributed by atoms with Crippen LogP contribution in [0.3, 0.4) is 0 Å². The molecule has 0 aliphatic heterocycles. The van der Waals surface area contributed by atoms with Gasteiger partial charge in [0.15, 0.2) is 0 Å². The SMILES string of the molecule is CC(C)(C)[Si](OCC(=O)NCc1cccs1)(c1ccccc1)c1ccccc1. The summed E-state index contributed by atoms with van der Waals surface area (Å²) in [5.41, 5.74) is 0. The first-order valence-electron chi connectivity index (χ1n) is 9.47. The van der Waals surface area contributed by atoms with Crippen molar-refractivity contribution in [3.05, 3.63) is 83.1 Å². The van der Waals surface area contributed by atoms with Crippen LogP contribution in [0.25, 0.3) is 0 Å². The Labute approximate surface area is 172 Å². The Morgan fingerprint density at radius 3 is 1.96 bits per heavy atom. The van der Waals surface area contributed by atoms with Crippen molar-refractivity contribution in [1.82, 2.24) is 5.32 Å². The largest absolute Gasteiger partial charge is 0.398 e. The quantitative estimate of drug-likeness (QED) is 0.600. The van der Waals surface area contributed by atoms with Crippen LogP contribution in [0.1, 0.15) is 25.6 Å². The smallest absolute Gasteiger partial charge is 0.261 e. The number of benzene rings is 2. The van der Waals surface area contributed by atoms with Gasteiger partial charge in [-0.25, -0.2) is 0 Å². The van der Waals surface area contributed by atoms with Crippen LogP contribution in [0, 0.1) is 0 Å². The molecule has 3 nitrogen and oxygen atoms in total. The molecular weight excluding hydrogens is 382 g/mol. The molecule has 0 saturated heterocycles. The van der Waals surface area contributed by atoms with Gasteiger partial charge in [0.1, 0.15) is 6.61 Å². The summed E-state index contributed by atoms with van der Waals surface area (Å²) in [6.45, 7) is 7.23. The minimum atomic E-state index is -2.67. The first-order valence-corrected chi connectivity index (χ1v) is 12.3. The molecule has 0 radical (unpaired) electrons. The second-order valence-corrected chi connectivity index (χ2v) is 13.1. The average molecular weight is 410 g/mol. The Hall–Kier alpha value is -2.21. The fourth-order valence-electron chi connectivity index (χ4n) is 3.59. The molecule has 0 unspecified atom stereocenters. The lowest BCUT2D eigenvalue weighted by molar-refractivity contribution is -0.123. The molecule has 28 heavy (non-hydrogen) atoms. The van der Waals surface area contributed by atoms with E-state index in [0.717, 1.165) is 4.88 Å². The molecular formula is C23H27NO2SSi. The summed E-state index contributed by atoms with van der Waals surface area (Å²) < 4.78 is 6.63. The second kappa shape index (κ2) is 8.86. The minimum absolute atomic E-state index is 0.0542. The fraction of sp³-hybridized carbons (Fsp3) is 0.261. The maximum atomic E-state index is 12.6. The van der Waals surface area contributed by atoms with E-state index in [1.54, 1.807) is 11.3 Å². The lowest BCUT2D eigenvalue weighted by Gasteiger charge is -2.42. The van der Waals surface area contributed by atoms with E-state index in [2.05, 4.69) is 50.4 Å². The Kier molecular flexibility index (Phi) is 6.49. The number of carbonyl (C=O) groups excluding carboxylic acids is 1. The van der Waals surface area contributed by atoms with Crippen LogP contribution >= 0.6 is 11.3 Å². The van der Waals surface area contributed by atoms with Gasteiger partial charge in [0.2, 0.25) is 5.91 Å². The van der Waals surface area contributed by atoms with Crippen LogP contribution in [-0.2, 0) is 15.8 Å². The number of hydrogen-bond acceptors (Lipinski definition) is 3. The fourth-order valence-corrected chi connectivity index (χ4v) is 8.73. The molecule has 0 bridgehead atoms. The van der Waals surface area contributed by atoms with E-state index in [4.69, 9.17) is 4.43 Å². The first-order chi connectivity index (χ1) is 13.4. The highest BCUT2D eigenvalue weighted by Gasteiger charge is 2.50. The molecule has 146 valence electrons. The topological polar surface area (TPSA) is 38.3 Å². The van der Waals surface area contributed by atoms with Gasteiger partial charge in [-0.1, -0.05) is 87.5 Å². The van der Waals surface area contributed by atoms with Crippen molar-refractivity contribution >= 4 is 35.9 Å². The Morgan fingerprint density at radius 2 is 1.50 bits per heavy atom. The lowest BCUT2D eigenvalue weighted by atomic mass is 10.2. The van der Waals surface area contributed by atoms with Crippen molar-refractivity contribution in [1.29, 1.82) is 0 Å². The molecule has 3 aromatic rings. The van der Waals surface area contributed by atoms with Crippen molar-refractivity contribution in [2.75, 3.05) is 6.61 Å². The summed E-state index contributed by atoms with van der Waals surface area (Å²) in [4.78, 5) is 13.7. The monoisotopic (exact) mass is 409 g/mol. The molecule has 1 N–H and O–H groups in total. The van der Waals surface area contributed by atoms with Crippen LogP contribution < -0.4 is 15.7 Å². The third-order valence-corrected chi connectivity index (χ3v) is 10.7. The lowest BCUT2D eigenvalue weighted by Crippen LogP contribution is -2.67. The molecule has 1 aromatic heterocycles. The second-order valence-electron chi connectivity index (χ2n) is 7.81. The third-order valence-electron chi connectivity index (χ3n) is 4.88. The zero-order valence-electron chi connectivity index (χ0n) is 16.6. The number of amides is 1. The zero-order valence-corrected chi connectivity index (χ0v) is 18.5. The van der Waals surface area contributed by atoms with Crippen molar-refractivity contribution in [2.24, 2.45) is 0 Å². The van der Waals surface area contributed by atoms with Crippen LogP contribution in [0.4, 0.5) is 0 Å². The van der Waals surface area contributed by atoms with Crippen molar-refractivity contribution in [2.45, 2.75) is 32.4 Å². The van der Waals surface area contributed by atoms with Crippen molar-refractivity contribution < 1.29 is 9.22 Å². The van der Waals surface area contributed by atoms with Gasteiger partial charge in [0.05, 0.1) is 6.54 Å². The normalized spacial score (nSPS) is 12.0. The minimum Gasteiger partial charge on any atom is -0.398 e. The summed E-state index contributed by atoms with van der Waals surface area (Å²) >= 11 is 1.64. The maximum absolute atomic E-state index is 12.6. The molecule has 0 atom stereocenters. The number of carbonyl (C=O) groups is 1. The molecule has 1 heterocycles. The number of rotatable bonds is 7. The maximum Gasteiger partial charge on any atom is 0.261 e. The molecule has 0 saturated carbocycles. The number of nitrogens with one attached hydrogen (secondary N) is 1. The number of hydrogen-bond donors (Lipinski definition) is 1. The van der Waals surface area contributed by atoms with E-state index in [0.29, 0.717) is 6.54 Å². The molecule has 0 fully saturated rings. The van der Waals surface area contributed by atoms with E-state index in [-0.39, 0.29) is 17.6 Å². The van der Waals surface area contributed by atoms with Gasteiger partial charge in [0, 0.05) is 4.88 Å². The zero-order chi connectivity index (χ0) is 20.0. The molecule has 3 rings (SSSR count).